The minimum absolute atomic E-state index is 0.581. The Morgan fingerprint density at radius 3 is 1.79 bits per heavy atom. The molecule has 7 N–H and O–H groups in total. The lowest BCUT2D eigenvalue weighted by Gasteiger charge is -2.45. The Labute approximate surface area is 137 Å². The van der Waals surface area contributed by atoms with Crippen molar-refractivity contribution in [3.05, 3.63) is 0 Å². The van der Waals surface area contributed by atoms with Crippen LogP contribution in [0.5, 0.6) is 0 Å². The van der Waals surface area contributed by atoms with Gasteiger partial charge in [-0.1, -0.05) is 0 Å². The molecule has 0 spiro atoms. The second-order valence-corrected chi connectivity index (χ2v) is 5.74. The first kappa shape index (κ1) is 19.9. The number of methoxy groups -OCH3 is 1. The third-order valence-electron chi connectivity index (χ3n) is 4.19. The van der Waals surface area contributed by atoms with Crippen LogP contribution in [0.1, 0.15) is 0 Å². The Kier molecular flexibility index (Phi) is 6.87. The molecule has 2 aliphatic rings. The predicted molar refractivity (Wildman–Crippen MR) is 73.4 cm³/mol. The van der Waals surface area contributed by atoms with Crippen LogP contribution in [0.15, 0.2) is 0 Å². The van der Waals surface area contributed by atoms with Gasteiger partial charge in [0, 0.05) is 7.11 Å². The van der Waals surface area contributed by atoms with Gasteiger partial charge in [-0.15, -0.1) is 0 Å². The fraction of sp³-hybridized carbons (Fsp3) is 1.00. The molecule has 24 heavy (non-hydrogen) atoms. The van der Waals surface area contributed by atoms with Gasteiger partial charge in [0.2, 0.25) is 0 Å². The van der Waals surface area contributed by atoms with Crippen molar-refractivity contribution in [1.29, 1.82) is 0 Å². The molecule has 0 radical (unpaired) electrons. The second kappa shape index (κ2) is 8.29. The molecule has 2 rings (SSSR count). The highest BCUT2D eigenvalue weighted by Crippen LogP contribution is 2.29. The first-order valence-corrected chi connectivity index (χ1v) is 7.46. The van der Waals surface area contributed by atoms with Crippen molar-refractivity contribution in [1.82, 2.24) is 0 Å². The van der Waals surface area contributed by atoms with Crippen LogP contribution in [-0.4, -0.2) is 117 Å². The zero-order valence-electron chi connectivity index (χ0n) is 13.0. The molecule has 0 aromatic carbocycles. The molecule has 0 aromatic heterocycles. The van der Waals surface area contributed by atoms with Gasteiger partial charge in [-0.05, 0) is 0 Å². The van der Waals surface area contributed by atoms with Crippen LogP contribution < -0.4 is 0 Å². The zero-order valence-corrected chi connectivity index (χ0v) is 13.0. The Hall–Kier alpha value is -0.440. The summed E-state index contributed by atoms with van der Waals surface area (Å²) < 4.78 is 20.6. The molecule has 11 nitrogen and oxygen atoms in total. The molecule has 2 fully saturated rings. The van der Waals surface area contributed by atoms with E-state index in [0.717, 1.165) is 0 Å². The van der Waals surface area contributed by atoms with E-state index >= 15 is 0 Å². The summed E-state index contributed by atoms with van der Waals surface area (Å²) in [6.45, 7) is -1.23. The Balaban J connectivity index is 2.14. The van der Waals surface area contributed by atoms with Gasteiger partial charge in [0.15, 0.2) is 12.6 Å². The fourth-order valence-electron chi connectivity index (χ4n) is 2.74. The average Bonchev–Trinajstić information content (AvgIpc) is 2.58. The number of aliphatic hydroxyl groups excluding tert-OH is 7. The number of hydrogen-bond acceptors (Lipinski definition) is 11. The van der Waals surface area contributed by atoms with Gasteiger partial charge < -0.3 is 54.7 Å². The molecule has 11 heteroatoms. The minimum Gasteiger partial charge on any atom is -0.394 e. The van der Waals surface area contributed by atoms with Crippen LogP contribution in [0.3, 0.4) is 0 Å². The monoisotopic (exact) mass is 356 g/mol. The standard InChI is InChI=1S/C13H24O11/c1-21-12-10(20)11(7(17)5(3-15)22-12)24-13-9(19)8(18)6(16)4(2-14)23-13/h4-20H,2-3H2,1H3/t4-,5-,6+,7+,8+,9-,10-,11+,12-,13-/m1/s1. The lowest BCUT2D eigenvalue weighted by Crippen LogP contribution is -2.64. The molecule has 142 valence electrons. The smallest absolute Gasteiger partial charge is 0.187 e. The summed E-state index contributed by atoms with van der Waals surface area (Å²) in [6, 6.07) is 0. The molecule has 0 unspecified atom stereocenters. The normalized spacial score (nSPS) is 50.0. The van der Waals surface area contributed by atoms with Gasteiger partial charge in [0.05, 0.1) is 13.2 Å². The molecule has 2 saturated heterocycles. The molecular formula is C13H24O11. The molecule has 10 atom stereocenters. The summed E-state index contributed by atoms with van der Waals surface area (Å²) in [5, 5.41) is 68.1. The fourth-order valence-corrected chi connectivity index (χ4v) is 2.74. The molecule has 2 heterocycles. The molecule has 0 aromatic rings. The topological polar surface area (TPSA) is 179 Å². The van der Waals surface area contributed by atoms with Crippen molar-refractivity contribution >= 4 is 0 Å². The van der Waals surface area contributed by atoms with Crippen LogP contribution in [0.25, 0.3) is 0 Å². The zero-order chi connectivity index (χ0) is 18.0. The highest BCUT2D eigenvalue weighted by Gasteiger charge is 2.50. The van der Waals surface area contributed by atoms with Crippen LogP contribution in [0, 0.1) is 0 Å². The van der Waals surface area contributed by atoms with Crippen molar-refractivity contribution in [2.45, 2.75) is 61.4 Å². The SMILES string of the molecule is CO[C@@H]1O[C@H](CO)[C@H](O)[C@H](O[C@H]2O[C@H](CO)[C@H](O)[C@H](O)[C@H]2O)[C@H]1O. The van der Waals surface area contributed by atoms with E-state index in [0.29, 0.717) is 0 Å². The first-order valence-electron chi connectivity index (χ1n) is 7.46. The minimum atomic E-state index is -1.70. The van der Waals surface area contributed by atoms with Gasteiger partial charge in [0.25, 0.3) is 0 Å². The summed E-state index contributed by atoms with van der Waals surface area (Å²) in [5.41, 5.74) is 0. The van der Waals surface area contributed by atoms with Crippen molar-refractivity contribution < 1.29 is 54.7 Å². The second-order valence-electron chi connectivity index (χ2n) is 5.74. The Bertz CT molecular complexity index is 378. The van der Waals surface area contributed by atoms with Gasteiger partial charge in [0.1, 0.15) is 48.8 Å². The lowest BCUT2D eigenvalue weighted by atomic mass is 9.97. The number of aliphatic hydroxyl groups is 7. The third-order valence-corrected chi connectivity index (χ3v) is 4.19. The van der Waals surface area contributed by atoms with E-state index in [1.165, 1.54) is 7.11 Å². The largest absolute Gasteiger partial charge is 0.394 e. The van der Waals surface area contributed by atoms with E-state index < -0.39 is 74.6 Å². The van der Waals surface area contributed by atoms with Crippen molar-refractivity contribution in [2.75, 3.05) is 20.3 Å². The molecule has 2 aliphatic heterocycles. The van der Waals surface area contributed by atoms with Crippen LogP contribution >= 0.6 is 0 Å². The maximum Gasteiger partial charge on any atom is 0.187 e. The van der Waals surface area contributed by atoms with Gasteiger partial charge >= 0.3 is 0 Å². The summed E-state index contributed by atoms with van der Waals surface area (Å²) in [7, 11) is 1.24. The molecular weight excluding hydrogens is 332 g/mol. The summed E-state index contributed by atoms with van der Waals surface area (Å²) in [5.74, 6) is 0. The van der Waals surface area contributed by atoms with Crippen LogP contribution in [-0.2, 0) is 18.9 Å². The van der Waals surface area contributed by atoms with Crippen molar-refractivity contribution in [3.63, 3.8) is 0 Å². The van der Waals surface area contributed by atoms with Gasteiger partial charge in [-0.3, -0.25) is 0 Å². The van der Waals surface area contributed by atoms with Crippen LogP contribution in [0.2, 0.25) is 0 Å². The maximum absolute atomic E-state index is 10.2. The van der Waals surface area contributed by atoms with Crippen molar-refractivity contribution in [2.24, 2.45) is 0 Å². The highest BCUT2D eigenvalue weighted by atomic mass is 16.7. The van der Waals surface area contributed by atoms with Gasteiger partial charge in [-0.25, -0.2) is 0 Å². The van der Waals surface area contributed by atoms with E-state index in [-0.39, 0.29) is 0 Å². The number of ether oxygens (including phenoxy) is 4. The number of hydrogen-bond donors (Lipinski definition) is 7. The summed E-state index contributed by atoms with van der Waals surface area (Å²) in [4.78, 5) is 0. The highest BCUT2D eigenvalue weighted by molar-refractivity contribution is 4.93. The molecule has 0 aliphatic carbocycles. The van der Waals surface area contributed by atoms with Crippen molar-refractivity contribution in [3.8, 4) is 0 Å². The average molecular weight is 356 g/mol. The maximum atomic E-state index is 10.2. The number of rotatable bonds is 5. The summed E-state index contributed by atoms with van der Waals surface area (Å²) in [6.07, 6.45) is -14.4. The lowest BCUT2D eigenvalue weighted by molar-refractivity contribution is -0.358. The first-order chi connectivity index (χ1) is 11.3. The van der Waals surface area contributed by atoms with Crippen LogP contribution in [0.4, 0.5) is 0 Å². The molecule has 0 saturated carbocycles. The molecule has 0 bridgehead atoms. The van der Waals surface area contributed by atoms with E-state index in [1.807, 2.05) is 0 Å². The molecule has 0 amide bonds. The predicted octanol–water partition coefficient (Wildman–Crippen LogP) is -4.74. The Morgan fingerprint density at radius 2 is 1.25 bits per heavy atom. The van der Waals surface area contributed by atoms with E-state index in [4.69, 9.17) is 24.1 Å². The third kappa shape index (κ3) is 3.71. The summed E-state index contributed by atoms with van der Waals surface area (Å²) >= 11 is 0. The van der Waals surface area contributed by atoms with Gasteiger partial charge in [-0.2, -0.15) is 0 Å². The van der Waals surface area contributed by atoms with E-state index in [9.17, 15) is 30.6 Å². The van der Waals surface area contributed by atoms with E-state index in [2.05, 4.69) is 0 Å². The quantitative estimate of drug-likeness (QED) is 0.251. The van der Waals surface area contributed by atoms with E-state index in [1.54, 1.807) is 0 Å². The Morgan fingerprint density at radius 1 is 0.708 bits per heavy atom.